The van der Waals surface area contributed by atoms with Crippen molar-refractivity contribution >= 4 is 27.4 Å². The first kappa shape index (κ1) is 14.0. The highest BCUT2D eigenvalue weighted by Crippen LogP contribution is 2.25. The van der Waals surface area contributed by atoms with Gasteiger partial charge in [-0.05, 0) is 33.6 Å². The number of benzene rings is 1. The molecule has 0 amide bonds. The lowest BCUT2D eigenvalue weighted by Gasteiger charge is -2.06. The maximum atomic E-state index is 10.9. The fourth-order valence-corrected chi connectivity index (χ4v) is 1.91. The van der Waals surface area contributed by atoms with Gasteiger partial charge < -0.3 is 5.32 Å². The van der Waals surface area contributed by atoms with Crippen molar-refractivity contribution in [2.24, 2.45) is 0 Å². The summed E-state index contributed by atoms with van der Waals surface area (Å²) in [5.41, 5.74) is 1.39. The van der Waals surface area contributed by atoms with Crippen LogP contribution in [0.25, 0.3) is 0 Å². The molecule has 2 aromatic rings. The van der Waals surface area contributed by atoms with Gasteiger partial charge in [-0.25, -0.2) is 4.98 Å². The molecule has 0 saturated carbocycles. The molecule has 1 heterocycles. The van der Waals surface area contributed by atoms with Crippen molar-refractivity contribution in [3.05, 3.63) is 62.2 Å². The van der Waals surface area contributed by atoms with Gasteiger partial charge in [0.1, 0.15) is 0 Å². The zero-order valence-electron chi connectivity index (χ0n) is 10.2. The van der Waals surface area contributed by atoms with Crippen molar-refractivity contribution in [1.82, 2.24) is 4.98 Å². The van der Waals surface area contributed by atoms with Gasteiger partial charge >= 0.3 is 5.69 Å². The Hall–Kier alpha value is -2.46. The molecular formula is C13H9BrN4O2. The Balaban J connectivity index is 2.14. The van der Waals surface area contributed by atoms with Crippen molar-refractivity contribution in [3.63, 3.8) is 0 Å². The van der Waals surface area contributed by atoms with Crippen LogP contribution in [0.15, 0.2) is 41.0 Å². The molecule has 0 spiro atoms. The number of nitriles is 1. The average molecular weight is 333 g/mol. The maximum absolute atomic E-state index is 10.9. The molecule has 0 atom stereocenters. The molecule has 7 heteroatoms. The molecule has 1 N–H and O–H groups in total. The Labute approximate surface area is 123 Å². The molecular weight excluding hydrogens is 324 g/mol. The van der Waals surface area contributed by atoms with Crippen LogP contribution in [0.5, 0.6) is 0 Å². The monoisotopic (exact) mass is 332 g/mol. The molecule has 0 fully saturated rings. The summed E-state index contributed by atoms with van der Waals surface area (Å²) in [6.07, 6.45) is 1.49. The van der Waals surface area contributed by atoms with Crippen molar-refractivity contribution in [1.29, 1.82) is 5.26 Å². The highest BCUT2D eigenvalue weighted by molar-refractivity contribution is 9.10. The normalized spacial score (nSPS) is 9.80. The predicted octanol–water partition coefficient (Wildman–Crippen LogP) is 3.24. The molecule has 0 saturated heterocycles. The van der Waals surface area contributed by atoms with E-state index in [9.17, 15) is 10.1 Å². The zero-order chi connectivity index (χ0) is 14.5. The molecule has 20 heavy (non-hydrogen) atoms. The maximum Gasteiger partial charge on any atom is 0.312 e. The van der Waals surface area contributed by atoms with Crippen LogP contribution >= 0.6 is 15.9 Å². The smallest absolute Gasteiger partial charge is 0.312 e. The first-order valence-electron chi connectivity index (χ1n) is 5.63. The van der Waals surface area contributed by atoms with E-state index >= 15 is 0 Å². The summed E-state index contributed by atoms with van der Waals surface area (Å²) < 4.78 is 0.549. The van der Waals surface area contributed by atoms with Crippen LogP contribution in [0, 0.1) is 21.4 Å². The van der Waals surface area contributed by atoms with E-state index in [1.165, 1.54) is 12.3 Å². The number of pyridine rings is 1. The minimum Gasteiger partial charge on any atom is -0.360 e. The fourth-order valence-electron chi connectivity index (χ4n) is 1.59. The van der Waals surface area contributed by atoms with Crippen LogP contribution in [0.1, 0.15) is 11.1 Å². The number of hydrogen-bond acceptors (Lipinski definition) is 5. The first-order valence-corrected chi connectivity index (χ1v) is 6.42. The van der Waals surface area contributed by atoms with E-state index in [0.717, 1.165) is 5.56 Å². The molecule has 1 aromatic carbocycles. The van der Waals surface area contributed by atoms with E-state index < -0.39 is 4.92 Å². The van der Waals surface area contributed by atoms with Crippen LogP contribution < -0.4 is 5.32 Å². The summed E-state index contributed by atoms with van der Waals surface area (Å²) in [7, 11) is 0. The second kappa shape index (κ2) is 6.12. The fraction of sp³-hybridized carbons (Fsp3) is 0.0769. The molecule has 0 radical (unpaired) electrons. The number of aromatic nitrogens is 1. The van der Waals surface area contributed by atoms with Gasteiger partial charge in [0, 0.05) is 23.3 Å². The van der Waals surface area contributed by atoms with Gasteiger partial charge in [0.15, 0.2) is 0 Å². The Morgan fingerprint density at radius 2 is 2.10 bits per heavy atom. The second-order valence-corrected chi connectivity index (χ2v) is 4.86. The van der Waals surface area contributed by atoms with Gasteiger partial charge in [0.05, 0.1) is 16.6 Å². The number of hydrogen-bond donors (Lipinski definition) is 1. The molecule has 0 bridgehead atoms. The number of halogens is 1. The third-order valence-corrected chi connectivity index (χ3v) is 3.01. The van der Waals surface area contributed by atoms with E-state index in [-0.39, 0.29) is 11.5 Å². The molecule has 0 aliphatic heterocycles. The Morgan fingerprint density at radius 3 is 2.70 bits per heavy atom. The number of anilines is 1. The van der Waals surface area contributed by atoms with E-state index in [0.29, 0.717) is 16.6 Å². The van der Waals surface area contributed by atoms with E-state index in [1.54, 1.807) is 24.3 Å². The summed E-state index contributed by atoms with van der Waals surface area (Å²) in [6, 6.07) is 10.4. The molecule has 0 unspecified atom stereocenters. The summed E-state index contributed by atoms with van der Waals surface area (Å²) >= 11 is 3.15. The summed E-state index contributed by atoms with van der Waals surface area (Å²) in [4.78, 5) is 14.4. The van der Waals surface area contributed by atoms with Crippen molar-refractivity contribution in [2.75, 3.05) is 5.32 Å². The van der Waals surface area contributed by atoms with Crippen LogP contribution in [0.2, 0.25) is 0 Å². The Bertz CT molecular complexity index is 680. The average Bonchev–Trinajstić information content (AvgIpc) is 2.46. The van der Waals surface area contributed by atoms with Gasteiger partial charge in [-0.1, -0.05) is 12.1 Å². The zero-order valence-corrected chi connectivity index (χ0v) is 11.8. The molecule has 1 aromatic heterocycles. The van der Waals surface area contributed by atoms with Gasteiger partial charge in [0.2, 0.25) is 5.82 Å². The molecule has 2 rings (SSSR count). The standard InChI is InChI=1S/C13H9BrN4O2/c14-11-5-12(18(19)20)13(17-8-11)16-7-10-3-1-9(6-15)2-4-10/h1-5,8H,7H2,(H,16,17). The molecule has 0 aliphatic rings. The van der Waals surface area contributed by atoms with Crippen molar-refractivity contribution in [3.8, 4) is 6.07 Å². The quantitative estimate of drug-likeness (QED) is 0.685. The molecule has 6 nitrogen and oxygen atoms in total. The minimum atomic E-state index is -0.487. The third kappa shape index (κ3) is 3.30. The van der Waals surface area contributed by atoms with E-state index in [4.69, 9.17) is 5.26 Å². The van der Waals surface area contributed by atoms with Gasteiger partial charge in [-0.3, -0.25) is 10.1 Å². The van der Waals surface area contributed by atoms with Gasteiger partial charge in [-0.15, -0.1) is 0 Å². The highest BCUT2D eigenvalue weighted by Gasteiger charge is 2.15. The first-order chi connectivity index (χ1) is 9.60. The summed E-state index contributed by atoms with van der Waals surface area (Å²) in [5.74, 6) is 0.211. The lowest BCUT2D eigenvalue weighted by molar-refractivity contribution is -0.384. The second-order valence-electron chi connectivity index (χ2n) is 3.94. The van der Waals surface area contributed by atoms with E-state index in [2.05, 4.69) is 26.2 Å². The Morgan fingerprint density at radius 1 is 1.40 bits per heavy atom. The highest BCUT2D eigenvalue weighted by atomic mass is 79.9. The SMILES string of the molecule is N#Cc1ccc(CNc2ncc(Br)cc2[N+](=O)[O-])cc1. The van der Waals surface area contributed by atoms with Crippen LogP contribution in [-0.2, 0) is 6.54 Å². The molecule has 0 aliphatic carbocycles. The third-order valence-electron chi connectivity index (χ3n) is 2.57. The van der Waals surface area contributed by atoms with Crippen LogP contribution in [-0.4, -0.2) is 9.91 Å². The largest absolute Gasteiger partial charge is 0.360 e. The van der Waals surface area contributed by atoms with Crippen LogP contribution in [0.3, 0.4) is 0 Å². The number of nitro groups is 1. The van der Waals surface area contributed by atoms with Crippen LogP contribution in [0.4, 0.5) is 11.5 Å². The van der Waals surface area contributed by atoms with Gasteiger partial charge in [-0.2, -0.15) is 5.26 Å². The Kier molecular flexibility index (Phi) is 4.27. The summed E-state index contributed by atoms with van der Waals surface area (Å²) in [6.45, 7) is 0.390. The molecule has 100 valence electrons. The lowest BCUT2D eigenvalue weighted by Crippen LogP contribution is -2.04. The summed E-state index contributed by atoms with van der Waals surface area (Å²) in [5, 5.41) is 22.6. The van der Waals surface area contributed by atoms with Crippen molar-refractivity contribution < 1.29 is 4.92 Å². The number of nitrogens with zero attached hydrogens (tertiary/aromatic N) is 3. The number of rotatable bonds is 4. The minimum absolute atomic E-state index is 0.0898. The topological polar surface area (TPSA) is 91.8 Å². The van der Waals surface area contributed by atoms with E-state index in [1.807, 2.05) is 6.07 Å². The van der Waals surface area contributed by atoms with Gasteiger partial charge in [0.25, 0.3) is 0 Å². The number of nitrogens with one attached hydrogen (secondary N) is 1. The lowest BCUT2D eigenvalue weighted by atomic mass is 10.1. The predicted molar refractivity (Wildman–Crippen MR) is 77.1 cm³/mol. The van der Waals surface area contributed by atoms with Crippen molar-refractivity contribution in [2.45, 2.75) is 6.54 Å².